The highest BCUT2D eigenvalue weighted by atomic mass is 16.2. The zero-order chi connectivity index (χ0) is 19.2. The van der Waals surface area contributed by atoms with Crippen LogP contribution in [0.1, 0.15) is 47.3 Å². The Kier molecular flexibility index (Phi) is 6.24. The standard InChI is InChI=1S/C22H27N3O2/c1-3-25(4-2)15-19-8-6-5-7-18(19)14-23-22(27)17-9-11-20-16(13-17)10-12-21(26)24-20/h5-9,11,13H,3-4,10,12,14-15H2,1-2H3,(H,23,27)(H,24,26). The molecule has 0 aromatic heterocycles. The minimum Gasteiger partial charge on any atom is -0.348 e. The highest BCUT2D eigenvalue weighted by Gasteiger charge is 2.17. The van der Waals surface area contributed by atoms with E-state index >= 15 is 0 Å². The van der Waals surface area contributed by atoms with Gasteiger partial charge in [-0.3, -0.25) is 14.5 Å². The Morgan fingerprint density at radius 1 is 1.07 bits per heavy atom. The lowest BCUT2D eigenvalue weighted by Gasteiger charge is -2.20. The van der Waals surface area contributed by atoms with Crippen LogP contribution in [0.3, 0.4) is 0 Å². The van der Waals surface area contributed by atoms with Crippen LogP contribution in [-0.2, 0) is 24.3 Å². The number of benzene rings is 2. The summed E-state index contributed by atoms with van der Waals surface area (Å²) in [6.45, 7) is 7.71. The van der Waals surface area contributed by atoms with Crippen LogP contribution in [0.4, 0.5) is 5.69 Å². The first-order chi connectivity index (χ1) is 13.1. The van der Waals surface area contributed by atoms with Crippen LogP contribution in [-0.4, -0.2) is 29.8 Å². The molecule has 0 bridgehead atoms. The lowest BCUT2D eigenvalue weighted by atomic mass is 10.00. The molecule has 1 heterocycles. The van der Waals surface area contributed by atoms with Gasteiger partial charge in [0.25, 0.3) is 5.91 Å². The highest BCUT2D eigenvalue weighted by molar-refractivity contribution is 5.97. The Hall–Kier alpha value is -2.66. The Labute approximate surface area is 160 Å². The number of hydrogen-bond donors (Lipinski definition) is 2. The third kappa shape index (κ3) is 4.74. The summed E-state index contributed by atoms with van der Waals surface area (Å²) in [6.07, 6.45) is 1.14. The highest BCUT2D eigenvalue weighted by Crippen LogP contribution is 2.23. The summed E-state index contributed by atoms with van der Waals surface area (Å²) in [5.74, 6) is -0.0585. The maximum absolute atomic E-state index is 12.6. The van der Waals surface area contributed by atoms with E-state index in [1.165, 1.54) is 5.56 Å². The second kappa shape index (κ2) is 8.82. The number of anilines is 1. The van der Waals surface area contributed by atoms with Crippen LogP contribution in [0.25, 0.3) is 0 Å². The molecule has 2 aromatic carbocycles. The van der Waals surface area contributed by atoms with Crippen LogP contribution in [0.5, 0.6) is 0 Å². The van der Waals surface area contributed by atoms with Crippen molar-refractivity contribution in [3.05, 3.63) is 64.7 Å². The largest absolute Gasteiger partial charge is 0.348 e. The third-order valence-electron chi connectivity index (χ3n) is 5.11. The van der Waals surface area contributed by atoms with Crippen LogP contribution < -0.4 is 10.6 Å². The van der Waals surface area contributed by atoms with E-state index in [0.29, 0.717) is 24.9 Å². The molecule has 0 spiro atoms. The number of fused-ring (bicyclic) bond motifs is 1. The Morgan fingerprint density at radius 3 is 2.56 bits per heavy atom. The average molecular weight is 365 g/mol. The molecule has 0 radical (unpaired) electrons. The molecule has 142 valence electrons. The van der Waals surface area contributed by atoms with E-state index in [0.717, 1.165) is 36.4 Å². The topological polar surface area (TPSA) is 61.4 Å². The predicted molar refractivity (Wildman–Crippen MR) is 108 cm³/mol. The first kappa shape index (κ1) is 19.1. The summed E-state index contributed by atoms with van der Waals surface area (Å²) >= 11 is 0. The number of aryl methyl sites for hydroxylation is 1. The van der Waals surface area contributed by atoms with Gasteiger partial charge in [-0.05, 0) is 54.4 Å². The summed E-state index contributed by atoms with van der Waals surface area (Å²) in [6, 6.07) is 13.7. The zero-order valence-corrected chi connectivity index (χ0v) is 16.0. The van der Waals surface area contributed by atoms with E-state index in [-0.39, 0.29) is 11.8 Å². The molecule has 1 aliphatic rings. The smallest absolute Gasteiger partial charge is 0.251 e. The number of rotatable bonds is 7. The number of carbonyl (C=O) groups is 2. The van der Waals surface area contributed by atoms with Crippen molar-refractivity contribution >= 4 is 17.5 Å². The molecule has 0 aliphatic carbocycles. The molecular weight excluding hydrogens is 338 g/mol. The van der Waals surface area contributed by atoms with Gasteiger partial charge in [0.05, 0.1) is 0 Å². The summed E-state index contributed by atoms with van der Waals surface area (Å²) in [7, 11) is 0. The van der Waals surface area contributed by atoms with Crippen molar-refractivity contribution in [3.63, 3.8) is 0 Å². The van der Waals surface area contributed by atoms with Gasteiger partial charge in [-0.25, -0.2) is 0 Å². The van der Waals surface area contributed by atoms with Gasteiger partial charge < -0.3 is 10.6 Å². The van der Waals surface area contributed by atoms with Crippen molar-refractivity contribution in [1.82, 2.24) is 10.2 Å². The number of hydrogen-bond acceptors (Lipinski definition) is 3. The Bertz CT molecular complexity index is 828. The summed E-state index contributed by atoms with van der Waals surface area (Å²) < 4.78 is 0. The first-order valence-electron chi connectivity index (χ1n) is 9.60. The van der Waals surface area contributed by atoms with E-state index < -0.39 is 0 Å². The van der Waals surface area contributed by atoms with E-state index in [4.69, 9.17) is 0 Å². The molecule has 2 amide bonds. The van der Waals surface area contributed by atoms with Crippen molar-refractivity contribution in [1.29, 1.82) is 0 Å². The molecule has 0 saturated heterocycles. The second-order valence-electron chi connectivity index (χ2n) is 6.83. The summed E-state index contributed by atoms with van der Waals surface area (Å²) in [5.41, 5.74) is 4.85. The van der Waals surface area contributed by atoms with Crippen molar-refractivity contribution in [2.24, 2.45) is 0 Å². The third-order valence-corrected chi connectivity index (χ3v) is 5.11. The van der Waals surface area contributed by atoms with Gasteiger partial charge >= 0.3 is 0 Å². The fraction of sp³-hybridized carbons (Fsp3) is 0.364. The zero-order valence-electron chi connectivity index (χ0n) is 16.0. The van der Waals surface area contributed by atoms with Crippen molar-refractivity contribution in [2.45, 2.75) is 39.8 Å². The maximum atomic E-state index is 12.6. The van der Waals surface area contributed by atoms with Crippen molar-refractivity contribution in [2.75, 3.05) is 18.4 Å². The molecule has 2 N–H and O–H groups in total. The minimum atomic E-state index is -0.0904. The molecule has 5 nitrogen and oxygen atoms in total. The molecule has 2 aromatic rings. The number of amides is 2. The van der Waals surface area contributed by atoms with Gasteiger partial charge in [0.15, 0.2) is 0 Å². The van der Waals surface area contributed by atoms with Gasteiger partial charge in [0.1, 0.15) is 0 Å². The Morgan fingerprint density at radius 2 is 1.81 bits per heavy atom. The average Bonchev–Trinajstić information content (AvgIpc) is 2.70. The molecule has 27 heavy (non-hydrogen) atoms. The molecule has 3 rings (SSSR count). The number of carbonyl (C=O) groups excluding carboxylic acids is 2. The normalized spacial score (nSPS) is 13.2. The fourth-order valence-electron chi connectivity index (χ4n) is 3.37. The van der Waals surface area contributed by atoms with Gasteiger partial charge in [-0.2, -0.15) is 0 Å². The maximum Gasteiger partial charge on any atom is 0.251 e. The monoisotopic (exact) mass is 365 g/mol. The summed E-state index contributed by atoms with van der Waals surface area (Å²) in [5, 5.41) is 5.88. The number of nitrogens with one attached hydrogen (secondary N) is 2. The minimum absolute atomic E-state index is 0.0320. The fourth-order valence-corrected chi connectivity index (χ4v) is 3.37. The van der Waals surface area contributed by atoms with Crippen LogP contribution in [0, 0.1) is 0 Å². The summed E-state index contributed by atoms with van der Waals surface area (Å²) in [4.78, 5) is 26.4. The van der Waals surface area contributed by atoms with Crippen LogP contribution in [0.15, 0.2) is 42.5 Å². The van der Waals surface area contributed by atoms with Crippen molar-refractivity contribution in [3.8, 4) is 0 Å². The molecule has 0 unspecified atom stereocenters. The molecule has 0 atom stereocenters. The van der Waals surface area contributed by atoms with Crippen LogP contribution in [0.2, 0.25) is 0 Å². The van der Waals surface area contributed by atoms with E-state index in [9.17, 15) is 9.59 Å². The predicted octanol–water partition coefficient (Wildman–Crippen LogP) is 3.34. The first-order valence-corrected chi connectivity index (χ1v) is 9.60. The van der Waals surface area contributed by atoms with E-state index in [2.05, 4.69) is 41.5 Å². The molecule has 0 fully saturated rings. The molecular formula is C22H27N3O2. The van der Waals surface area contributed by atoms with Gasteiger partial charge in [-0.15, -0.1) is 0 Å². The van der Waals surface area contributed by atoms with Crippen LogP contribution >= 0.6 is 0 Å². The lowest BCUT2D eigenvalue weighted by Crippen LogP contribution is -2.26. The Balaban J connectivity index is 1.67. The van der Waals surface area contributed by atoms with E-state index in [1.807, 2.05) is 24.3 Å². The molecule has 1 aliphatic heterocycles. The quantitative estimate of drug-likeness (QED) is 0.791. The number of nitrogens with zero attached hydrogens (tertiary/aromatic N) is 1. The lowest BCUT2D eigenvalue weighted by molar-refractivity contribution is -0.116. The molecule has 0 saturated carbocycles. The molecule has 5 heteroatoms. The van der Waals surface area contributed by atoms with Gasteiger partial charge in [0.2, 0.25) is 5.91 Å². The van der Waals surface area contributed by atoms with Gasteiger partial charge in [-0.1, -0.05) is 38.1 Å². The second-order valence-corrected chi connectivity index (χ2v) is 6.83. The SMILES string of the molecule is CCN(CC)Cc1ccccc1CNC(=O)c1ccc2c(c1)CCC(=O)N2. The van der Waals surface area contributed by atoms with Crippen molar-refractivity contribution < 1.29 is 9.59 Å². The van der Waals surface area contributed by atoms with E-state index in [1.54, 1.807) is 6.07 Å². The van der Waals surface area contributed by atoms with Gasteiger partial charge in [0, 0.05) is 30.8 Å².